The second-order valence-electron chi connectivity index (χ2n) is 9.29. The summed E-state index contributed by atoms with van der Waals surface area (Å²) in [7, 11) is 1.64. The van der Waals surface area contributed by atoms with E-state index < -0.39 is 0 Å². The molecule has 33 heavy (non-hydrogen) atoms. The van der Waals surface area contributed by atoms with Gasteiger partial charge >= 0.3 is 0 Å². The molecule has 2 amide bonds. The Morgan fingerprint density at radius 2 is 1.94 bits per heavy atom. The van der Waals surface area contributed by atoms with Gasteiger partial charge in [-0.15, -0.1) is 0 Å². The van der Waals surface area contributed by atoms with Gasteiger partial charge in [-0.25, -0.2) is 0 Å². The summed E-state index contributed by atoms with van der Waals surface area (Å²) in [5, 5.41) is 4.67. The molecule has 2 aliphatic rings. The second-order valence-corrected chi connectivity index (χ2v) is 9.29. The minimum absolute atomic E-state index is 0.221. The van der Waals surface area contributed by atoms with Crippen LogP contribution in [0.3, 0.4) is 0 Å². The molecule has 0 radical (unpaired) electrons. The van der Waals surface area contributed by atoms with Gasteiger partial charge in [0.2, 0.25) is 5.91 Å². The summed E-state index contributed by atoms with van der Waals surface area (Å²) in [6.07, 6.45) is 3.27. The van der Waals surface area contributed by atoms with E-state index >= 15 is 0 Å². The van der Waals surface area contributed by atoms with Gasteiger partial charge in [0.15, 0.2) is 0 Å². The fourth-order valence-corrected chi connectivity index (χ4v) is 5.00. The lowest BCUT2D eigenvalue weighted by Gasteiger charge is -2.19. The molecule has 0 bridgehead atoms. The zero-order chi connectivity index (χ0) is 23.3. The highest BCUT2D eigenvalue weighted by atomic mass is 16.5. The van der Waals surface area contributed by atoms with Gasteiger partial charge < -0.3 is 14.6 Å². The number of anilines is 1. The van der Waals surface area contributed by atoms with Crippen molar-refractivity contribution in [3.8, 4) is 5.75 Å². The lowest BCUT2D eigenvalue weighted by Crippen LogP contribution is -2.33. The molecule has 0 unspecified atom stereocenters. The molecule has 170 valence electrons. The van der Waals surface area contributed by atoms with Crippen molar-refractivity contribution in [3.63, 3.8) is 0 Å². The van der Waals surface area contributed by atoms with Crippen molar-refractivity contribution in [2.45, 2.75) is 39.7 Å². The Kier molecular flexibility index (Phi) is 5.23. The van der Waals surface area contributed by atoms with Crippen molar-refractivity contribution in [3.05, 3.63) is 71.1 Å². The van der Waals surface area contributed by atoms with Gasteiger partial charge in [-0.05, 0) is 47.7 Å². The highest BCUT2D eigenvalue weighted by molar-refractivity contribution is 6.11. The van der Waals surface area contributed by atoms with Gasteiger partial charge in [-0.3, -0.25) is 14.5 Å². The zero-order valence-electron chi connectivity index (χ0n) is 19.5. The van der Waals surface area contributed by atoms with Crippen LogP contribution >= 0.6 is 0 Å². The minimum Gasteiger partial charge on any atom is -0.497 e. The van der Waals surface area contributed by atoms with Crippen LogP contribution in [-0.4, -0.2) is 34.9 Å². The first kappa shape index (κ1) is 21.3. The number of nitrogens with one attached hydrogen (secondary N) is 1. The normalized spacial score (nSPS) is 17.4. The van der Waals surface area contributed by atoms with E-state index in [1.54, 1.807) is 7.11 Å². The van der Waals surface area contributed by atoms with E-state index in [0.717, 1.165) is 52.1 Å². The third kappa shape index (κ3) is 3.50. The Balaban J connectivity index is 1.73. The fourth-order valence-electron chi connectivity index (χ4n) is 5.00. The molecule has 1 atom stereocenters. The third-order valence-electron chi connectivity index (χ3n) is 6.71. The summed E-state index contributed by atoms with van der Waals surface area (Å²) in [4.78, 5) is 27.1. The molecule has 3 heterocycles. The number of hydrogen-bond acceptors (Lipinski definition) is 4. The van der Waals surface area contributed by atoms with Crippen molar-refractivity contribution in [2.75, 3.05) is 19.0 Å². The predicted molar refractivity (Wildman–Crippen MR) is 129 cm³/mol. The number of rotatable bonds is 5. The van der Waals surface area contributed by atoms with E-state index in [1.807, 2.05) is 30.3 Å². The molecule has 2 aliphatic heterocycles. The molecule has 0 fully saturated rings. The van der Waals surface area contributed by atoms with Gasteiger partial charge in [0.05, 0.1) is 24.7 Å². The summed E-state index contributed by atoms with van der Waals surface area (Å²) in [6.45, 7) is 7.08. The highest BCUT2D eigenvalue weighted by Crippen LogP contribution is 2.46. The maximum atomic E-state index is 13.5. The van der Waals surface area contributed by atoms with Gasteiger partial charge in [0, 0.05) is 42.4 Å². The summed E-state index contributed by atoms with van der Waals surface area (Å²) < 4.78 is 7.67. The average Bonchev–Trinajstić information content (AvgIpc) is 3.28. The molecule has 0 spiro atoms. The van der Waals surface area contributed by atoms with E-state index in [-0.39, 0.29) is 24.3 Å². The fraction of sp³-hybridized carbons (Fsp3) is 0.333. The number of benzene rings is 2. The van der Waals surface area contributed by atoms with Crippen LogP contribution in [0.1, 0.15) is 44.2 Å². The smallest absolute Gasteiger partial charge is 0.259 e. The SMILES string of the molecule is COc1ccc([C@H]2C3=C(CN(C(C)=O)C3=O)Nc3cccc4c3c2cn4CCC(C)C)cc1. The second kappa shape index (κ2) is 8.10. The molecule has 0 saturated carbocycles. The number of aryl methyl sites for hydroxylation is 1. The van der Waals surface area contributed by atoms with E-state index in [4.69, 9.17) is 4.74 Å². The molecular weight excluding hydrogens is 414 g/mol. The van der Waals surface area contributed by atoms with Crippen molar-refractivity contribution >= 4 is 28.4 Å². The molecule has 0 aliphatic carbocycles. The Morgan fingerprint density at radius 3 is 2.61 bits per heavy atom. The quantitative estimate of drug-likeness (QED) is 0.609. The number of hydrogen-bond donors (Lipinski definition) is 1. The summed E-state index contributed by atoms with van der Waals surface area (Å²) in [5.74, 6) is 0.620. The van der Waals surface area contributed by atoms with Gasteiger partial charge in [-0.2, -0.15) is 0 Å². The number of imide groups is 1. The van der Waals surface area contributed by atoms with Crippen molar-refractivity contribution in [1.29, 1.82) is 0 Å². The van der Waals surface area contributed by atoms with E-state index in [1.165, 1.54) is 11.8 Å². The monoisotopic (exact) mass is 443 g/mol. The van der Waals surface area contributed by atoms with Gasteiger partial charge in [-0.1, -0.05) is 32.0 Å². The van der Waals surface area contributed by atoms with Gasteiger partial charge in [0.25, 0.3) is 5.91 Å². The minimum atomic E-state index is -0.276. The standard InChI is InChI=1S/C27H29N3O3/c1-16(2)12-13-29-14-20-24(18-8-10-19(33-4)11-9-18)26-22(15-30(17(3)31)27(26)32)28-21-6-5-7-23(29)25(20)21/h5-11,14,16,24,28H,12-13,15H2,1-4H3/t24-/m1/s1. The molecular formula is C27H29N3O3. The van der Waals surface area contributed by atoms with Crippen molar-refractivity contribution in [2.24, 2.45) is 5.92 Å². The van der Waals surface area contributed by atoms with Crippen LogP contribution in [0.25, 0.3) is 10.9 Å². The van der Waals surface area contributed by atoms with Gasteiger partial charge in [0.1, 0.15) is 5.75 Å². The Morgan fingerprint density at radius 1 is 1.18 bits per heavy atom. The Bertz CT molecular complexity index is 1280. The maximum Gasteiger partial charge on any atom is 0.259 e. The molecule has 6 heteroatoms. The van der Waals surface area contributed by atoms with E-state index in [2.05, 4.69) is 42.1 Å². The average molecular weight is 444 g/mol. The summed E-state index contributed by atoms with van der Waals surface area (Å²) in [5.41, 5.74) is 5.68. The first-order valence-corrected chi connectivity index (χ1v) is 11.5. The molecule has 3 aromatic rings. The van der Waals surface area contributed by atoms with Crippen LogP contribution in [0, 0.1) is 5.92 Å². The number of aromatic nitrogens is 1. The first-order chi connectivity index (χ1) is 15.9. The number of ether oxygens (including phenoxy) is 1. The summed E-state index contributed by atoms with van der Waals surface area (Å²) in [6, 6.07) is 14.1. The Hall–Kier alpha value is -3.54. The van der Waals surface area contributed by atoms with Crippen LogP contribution < -0.4 is 10.1 Å². The lowest BCUT2D eigenvalue weighted by molar-refractivity contribution is -0.139. The number of carbonyl (C=O) groups is 2. The van der Waals surface area contributed by atoms with Crippen molar-refractivity contribution < 1.29 is 14.3 Å². The molecule has 0 saturated heterocycles. The number of methoxy groups -OCH3 is 1. The molecule has 1 N–H and O–H groups in total. The Labute approximate surface area is 193 Å². The largest absolute Gasteiger partial charge is 0.497 e. The molecule has 6 nitrogen and oxygen atoms in total. The lowest BCUT2D eigenvalue weighted by atomic mass is 9.84. The first-order valence-electron chi connectivity index (χ1n) is 11.5. The van der Waals surface area contributed by atoms with E-state index in [0.29, 0.717) is 11.5 Å². The highest BCUT2D eigenvalue weighted by Gasteiger charge is 2.41. The topological polar surface area (TPSA) is 63.6 Å². The predicted octanol–water partition coefficient (Wildman–Crippen LogP) is 4.90. The van der Waals surface area contributed by atoms with Crippen LogP contribution in [0.2, 0.25) is 0 Å². The van der Waals surface area contributed by atoms with Crippen molar-refractivity contribution in [1.82, 2.24) is 9.47 Å². The number of nitrogens with zero attached hydrogens (tertiary/aromatic N) is 2. The molecule has 1 aromatic heterocycles. The van der Waals surface area contributed by atoms with Crippen LogP contribution in [0.5, 0.6) is 5.75 Å². The van der Waals surface area contributed by atoms with Crippen LogP contribution in [0.4, 0.5) is 5.69 Å². The third-order valence-corrected chi connectivity index (χ3v) is 6.71. The summed E-state index contributed by atoms with van der Waals surface area (Å²) >= 11 is 0. The molecule has 5 rings (SSSR count). The molecule has 2 aromatic carbocycles. The number of carbonyl (C=O) groups excluding carboxylic acids is 2. The number of amides is 2. The zero-order valence-corrected chi connectivity index (χ0v) is 19.5. The van der Waals surface area contributed by atoms with Crippen LogP contribution in [-0.2, 0) is 16.1 Å². The van der Waals surface area contributed by atoms with Crippen LogP contribution in [0.15, 0.2) is 59.9 Å². The maximum absolute atomic E-state index is 13.5. The van der Waals surface area contributed by atoms with E-state index in [9.17, 15) is 9.59 Å².